The van der Waals surface area contributed by atoms with E-state index in [1.54, 1.807) is 7.11 Å². The Kier molecular flexibility index (Phi) is 6.11. The van der Waals surface area contributed by atoms with Gasteiger partial charge in [0, 0.05) is 45.5 Å². The summed E-state index contributed by atoms with van der Waals surface area (Å²) in [6, 6.07) is 15.2. The van der Waals surface area contributed by atoms with Gasteiger partial charge in [0.15, 0.2) is 0 Å². The number of nitrogens with one attached hydrogen (secondary N) is 1. The number of halogens is 1. The number of benzene rings is 2. The molecule has 154 valence electrons. The Balaban J connectivity index is 1.52. The number of carbonyl (C=O) groups is 1. The molecule has 1 fully saturated rings. The van der Waals surface area contributed by atoms with Gasteiger partial charge in [0.1, 0.15) is 5.82 Å². The molecule has 6 heteroatoms. The number of piperazine rings is 1. The van der Waals surface area contributed by atoms with E-state index in [1.807, 2.05) is 18.2 Å². The summed E-state index contributed by atoms with van der Waals surface area (Å²) in [4.78, 5) is 17.8. The molecule has 1 N–H and O–H groups in total. The minimum atomic E-state index is -0.213. The molecular weight excluding hydrogens is 369 g/mol. The predicted molar refractivity (Wildman–Crippen MR) is 111 cm³/mol. The van der Waals surface area contributed by atoms with Crippen molar-refractivity contribution in [1.29, 1.82) is 0 Å². The highest BCUT2D eigenvalue weighted by molar-refractivity contribution is 5.82. The second-order valence-corrected chi connectivity index (χ2v) is 7.85. The van der Waals surface area contributed by atoms with Crippen LogP contribution in [0, 0.1) is 11.7 Å². The van der Waals surface area contributed by atoms with Crippen molar-refractivity contribution in [1.82, 2.24) is 10.2 Å². The highest BCUT2D eigenvalue weighted by atomic mass is 19.1. The lowest BCUT2D eigenvalue weighted by Gasteiger charge is -2.49. The van der Waals surface area contributed by atoms with E-state index < -0.39 is 0 Å². The fourth-order valence-corrected chi connectivity index (χ4v) is 4.52. The number of ether oxygens (including phenoxy) is 1. The van der Waals surface area contributed by atoms with Crippen LogP contribution in [-0.4, -0.2) is 56.7 Å². The van der Waals surface area contributed by atoms with Gasteiger partial charge in [-0.15, -0.1) is 0 Å². The first-order chi connectivity index (χ1) is 14.2. The molecule has 4 rings (SSSR count). The van der Waals surface area contributed by atoms with Crippen LogP contribution in [0.5, 0.6) is 0 Å². The molecule has 0 spiro atoms. The number of amides is 1. The van der Waals surface area contributed by atoms with E-state index in [0.29, 0.717) is 13.2 Å². The van der Waals surface area contributed by atoms with Gasteiger partial charge in [0.05, 0.1) is 18.6 Å². The Hall–Kier alpha value is -2.44. The minimum absolute atomic E-state index is 0.0928. The molecule has 2 heterocycles. The monoisotopic (exact) mass is 397 g/mol. The molecule has 5 nitrogen and oxygen atoms in total. The third-order valence-electron chi connectivity index (χ3n) is 5.97. The number of anilines is 1. The van der Waals surface area contributed by atoms with E-state index in [0.717, 1.165) is 38.2 Å². The number of para-hydroxylation sites is 1. The van der Waals surface area contributed by atoms with E-state index in [1.165, 1.54) is 23.4 Å². The average molecular weight is 397 g/mol. The van der Waals surface area contributed by atoms with Gasteiger partial charge >= 0.3 is 0 Å². The van der Waals surface area contributed by atoms with Gasteiger partial charge in [-0.3, -0.25) is 9.69 Å². The number of fused-ring (bicyclic) bond motifs is 3. The smallest absolute Gasteiger partial charge is 0.225 e. The summed E-state index contributed by atoms with van der Waals surface area (Å²) < 4.78 is 18.3. The Morgan fingerprint density at radius 1 is 1.17 bits per heavy atom. The Morgan fingerprint density at radius 2 is 1.97 bits per heavy atom. The summed E-state index contributed by atoms with van der Waals surface area (Å²) in [5.41, 5.74) is 3.58. The molecule has 0 aliphatic carbocycles. The van der Waals surface area contributed by atoms with Crippen LogP contribution in [-0.2, 0) is 22.5 Å². The third kappa shape index (κ3) is 4.43. The summed E-state index contributed by atoms with van der Waals surface area (Å²) in [5, 5.41) is 3.04. The molecule has 2 aliphatic rings. The third-order valence-corrected chi connectivity index (χ3v) is 5.97. The van der Waals surface area contributed by atoms with Gasteiger partial charge in [0.2, 0.25) is 5.91 Å². The summed E-state index contributed by atoms with van der Waals surface area (Å²) >= 11 is 0. The predicted octanol–water partition coefficient (Wildman–Crippen LogP) is 2.45. The second kappa shape index (κ2) is 8.93. The SMILES string of the molecule is COCCNC(=O)[C@H]1Cc2ccccc2N2CCN(Cc3ccc(F)cc3)C[C@@H]12. The van der Waals surface area contributed by atoms with Crippen LogP contribution in [0.4, 0.5) is 10.1 Å². The van der Waals surface area contributed by atoms with E-state index in [9.17, 15) is 9.18 Å². The number of hydrogen-bond acceptors (Lipinski definition) is 4. The first kappa shape index (κ1) is 19.9. The summed E-state index contributed by atoms with van der Waals surface area (Å²) in [7, 11) is 1.64. The van der Waals surface area contributed by atoms with Crippen molar-refractivity contribution in [3.8, 4) is 0 Å². The molecule has 2 aromatic rings. The van der Waals surface area contributed by atoms with Crippen LogP contribution >= 0.6 is 0 Å². The molecule has 2 atom stereocenters. The zero-order chi connectivity index (χ0) is 20.2. The average Bonchev–Trinajstić information content (AvgIpc) is 2.75. The summed E-state index contributed by atoms with van der Waals surface area (Å²) in [6.45, 7) is 4.42. The van der Waals surface area contributed by atoms with Gasteiger partial charge in [-0.2, -0.15) is 0 Å². The number of hydrogen-bond donors (Lipinski definition) is 1. The number of rotatable bonds is 6. The van der Waals surface area contributed by atoms with Crippen LogP contribution in [0.2, 0.25) is 0 Å². The topological polar surface area (TPSA) is 44.8 Å². The van der Waals surface area contributed by atoms with Crippen LogP contribution in [0.15, 0.2) is 48.5 Å². The van der Waals surface area contributed by atoms with Crippen LogP contribution in [0.25, 0.3) is 0 Å². The number of carbonyl (C=O) groups excluding carboxylic acids is 1. The Morgan fingerprint density at radius 3 is 2.76 bits per heavy atom. The highest BCUT2D eigenvalue weighted by Crippen LogP contribution is 2.36. The van der Waals surface area contributed by atoms with E-state index in [2.05, 4.69) is 33.3 Å². The van der Waals surface area contributed by atoms with Crippen molar-refractivity contribution in [2.45, 2.75) is 19.0 Å². The molecule has 0 unspecified atom stereocenters. The molecule has 2 aliphatic heterocycles. The fourth-order valence-electron chi connectivity index (χ4n) is 4.52. The van der Waals surface area contributed by atoms with Gasteiger partial charge < -0.3 is 15.0 Å². The molecule has 0 bridgehead atoms. The maximum atomic E-state index is 13.2. The molecular formula is C23H28FN3O2. The van der Waals surface area contributed by atoms with Crippen molar-refractivity contribution in [3.05, 3.63) is 65.5 Å². The number of nitrogens with zero attached hydrogens (tertiary/aromatic N) is 2. The van der Waals surface area contributed by atoms with Gasteiger partial charge in [-0.1, -0.05) is 30.3 Å². The van der Waals surface area contributed by atoms with Crippen molar-refractivity contribution in [3.63, 3.8) is 0 Å². The van der Waals surface area contributed by atoms with E-state index in [4.69, 9.17) is 4.74 Å². The van der Waals surface area contributed by atoms with Crippen molar-refractivity contribution in [2.75, 3.05) is 44.8 Å². The zero-order valence-electron chi connectivity index (χ0n) is 16.8. The molecule has 0 saturated carbocycles. The molecule has 1 amide bonds. The van der Waals surface area contributed by atoms with Gasteiger partial charge in [-0.05, 0) is 35.7 Å². The quantitative estimate of drug-likeness (QED) is 0.761. The first-order valence-corrected chi connectivity index (χ1v) is 10.2. The normalized spacial score (nSPS) is 21.4. The highest BCUT2D eigenvalue weighted by Gasteiger charge is 2.41. The lowest BCUT2D eigenvalue weighted by atomic mass is 9.83. The maximum Gasteiger partial charge on any atom is 0.225 e. The van der Waals surface area contributed by atoms with Gasteiger partial charge in [0.25, 0.3) is 0 Å². The Bertz CT molecular complexity index is 842. The largest absolute Gasteiger partial charge is 0.383 e. The second-order valence-electron chi connectivity index (χ2n) is 7.85. The van der Waals surface area contributed by atoms with Crippen molar-refractivity contribution >= 4 is 11.6 Å². The summed E-state index contributed by atoms with van der Waals surface area (Å²) in [5.74, 6) is -0.219. The van der Waals surface area contributed by atoms with E-state index >= 15 is 0 Å². The first-order valence-electron chi connectivity index (χ1n) is 10.2. The standard InChI is InChI=1S/C23H28FN3O2/c1-29-13-10-25-23(28)20-14-18-4-2-3-5-21(18)27-12-11-26(16-22(20)27)15-17-6-8-19(24)9-7-17/h2-9,20,22H,10-16H2,1H3,(H,25,28)/t20-,22-/m0/s1. The molecule has 1 saturated heterocycles. The number of methoxy groups -OCH3 is 1. The minimum Gasteiger partial charge on any atom is -0.383 e. The van der Waals surface area contributed by atoms with Crippen LogP contribution < -0.4 is 10.2 Å². The lowest BCUT2D eigenvalue weighted by Crippen LogP contribution is -2.61. The van der Waals surface area contributed by atoms with Crippen molar-refractivity contribution < 1.29 is 13.9 Å². The molecule has 0 aromatic heterocycles. The molecule has 2 aromatic carbocycles. The summed E-state index contributed by atoms with van der Waals surface area (Å²) in [6.07, 6.45) is 0.751. The van der Waals surface area contributed by atoms with Crippen LogP contribution in [0.1, 0.15) is 11.1 Å². The fraction of sp³-hybridized carbons (Fsp3) is 0.435. The molecule has 29 heavy (non-hydrogen) atoms. The zero-order valence-corrected chi connectivity index (χ0v) is 16.8. The maximum absolute atomic E-state index is 13.2. The van der Waals surface area contributed by atoms with Crippen molar-refractivity contribution in [2.24, 2.45) is 5.92 Å². The van der Waals surface area contributed by atoms with Crippen LogP contribution in [0.3, 0.4) is 0 Å². The Labute approximate surface area is 171 Å². The lowest BCUT2D eigenvalue weighted by molar-refractivity contribution is -0.126. The molecule has 0 radical (unpaired) electrons. The van der Waals surface area contributed by atoms with Gasteiger partial charge in [-0.25, -0.2) is 4.39 Å². The van der Waals surface area contributed by atoms with E-state index in [-0.39, 0.29) is 23.7 Å².